The Morgan fingerprint density at radius 1 is 1.00 bits per heavy atom. The molecule has 18 nitrogen and oxygen atoms in total. The molecule has 0 aliphatic rings. The lowest BCUT2D eigenvalue weighted by Gasteiger charge is -2.03. The molecule has 0 aliphatic carbocycles. The zero-order valence-electron chi connectivity index (χ0n) is 11.9. The maximum atomic E-state index is 10.2. The van der Waals surface area contributed by atoms with Crippen molar-refractivity contribution >= 4 is 11.9 Å². The SMILES string of the molecule is NC(N)=NCCCC(N)C(=O)O.O=[N+]([O-])O.O=[N+]([O-])O.O=[N+]([O-])O. The second kappa shape index (κ2) is 19.3. The molecule has 0 saturated carbocycles. The second-order valence-corrected chi connectivity index (χ2v) is 3.11. The number of hydrogen-bond donors (Lipinski definition) is 7. The monoisotopic (exact) mass is 363 g/mol. The Hall–Kier alpha value is -3.70. The van der Waals surface area contributed by atoms with Crippen molar-refractivity contribution in [3.05, 3.63) is 30.3 Å². The maximum Gasteiger partial charge on any atom is 0.320 e. The Morgan fingerprint density at radius 3 is 1.50 bits per heavy atom. The second-order valence-electron chi connectivity index (χ2n) is 3.11. The molecule has 0 fully saturated rings. The van der Waals surface area contributed by atoms with E-state index in [4.69, 9.17) is 68.3 Å². The minimum Gasteiger partial charge on any atom is -0.480 e. The third-order valence-electron chi connectivity index (χ3n) is 1.28. The average molecular weight is 363 g/mol. The van der Waals surface area contributed by atoms with Crippen LogP contribution in [0.5, 0.6) is 0 Å². The largest absolute Gasteiger partial charge is 0.480 e. The number of carbonyl (C=O) groups is 1. The molecule has 24 heavy (non-hydrogen) atoms. The Bertz CT molecular complexity index is 369. The number of nitrogens with two attached hydrogens (primary N) is 3. The minimum atomic E-state index is -1.50. The van der Waals surface area contributed by atoms with Crippen molar-refractivity contribution in [1.82, 2.24) is 0 Å². The van der Waals surface area contributed by atoms with Gasteiger partial charge in [-0.05, 0) is 12.8 Å². The first-order chi connectivity index (χ1) is 10.7. The van der Waals surface area contributed by atoms with E-state index in [9.17, 15) is 4.79 Å². The smallest absolute Gasteiger partial charge is 0.320 e. The Labute approximate surface area is 132 Å². The molecule has 18 heteroatoms. The summed E-state index contributed by atoms with van der Waals surface area (Å²) in [4.78, 5) is 39.0. The number of guanidine groups is 1. The molecule has 0 aliphatic heterocycles. The number of carboxylic acids is 1. The van der Waals surface area contributed by atoms with E-state index in [2.05, 4.69) is 4.99 Å². The average Bonchev–Trinajstić information content (AvgIpc) is 2.31. The van der Waals surface area contributed by atoms with Gasteiger partial charge in [-0.2, -0.15) is 0 Å². The highest BCUT2D eigenvalue weighted by atomic mass is 16.9. The van der Waals surface area contributed by atoms with Gasteiger partial charge >= 0.3 is 5.97 Å². The van der Waals surface area contributed by atoms with Crippen molar-refractivity contribution in [1.29, 1.82) is 0 Å². The van der Waals surface area contributed by atoms with Crippen molar-refractivity contribution < 1.29 is 40.8 Å². The summed E-state index contributed by atoms with van der Waals surface area (Å²) in [5, 5.41) is 49.3. The van der Waals surface area contributed by atoms with E-state index in [1.54, 1.807) is 0 Å². The van der Waals surface area contributed by atoms with Crippen molar-refractivity contribution in [2.75, 3.05) is 6.54 Å². The molecule has 0 aromatic carbocycles. The zero-order valence-corrected chi connectivity index (χ0v) is 11.9. The predicted octanol–water partition coefficient (Wildman–Crippen LogP) is -2.59. The molecule has 0 heterocycles. The first-order valence-electron chi connectivity index (χ1n) is 5.27. The summed E-state index contributed by atoms with van der Waals surface area (Å²) in [6, 6.07) is -0.820. The number of aliphatic carboxylic acids is 1. The quantitative estimate of drug-likeness (QED) is 0.0865. The molecule has 0 saturated heterocycles. The van der Waals surface area contributed by atoms with Gasteiger partial charge in [0.15, 0.2) is 5.96 Å². The molecular weight excluding hydrogens is 346 g/mol. The van der Waals surface area contributed by atoms with Gasteiger partial charge in [-0.15, -0.1) is 30.3 Å². The summed E-state index contributed by atoms with van der Waals surface area (Å²) >= 11 is 0. The van der Waals surface area contributed by atoms with Crippen molar-refractivity contribution in [2.45, 2.75) is 18.9 Å². The van der Waals surface area contributed by atoms with Crippen LogP contribution < -0.4 is 17.2 Å². The highest BCUT2D eigenvalue weighted by Crippen LogP contribution is 1.94. The van der Waals surface area contributed by atoms with Crippen molar-refractivity contribution in [3.8, 4) is 0 Å². The van der Waals surface area contributed by atoms with E-state index in [0.717, 1.165) is 0 Å². The molecule has 0 spiro atoms. The number of rotatable bonds is 5. The lowest BCUT2D eigenvalue weighted by Crippen LogP contribution is -2.30. The van der Waals surface area contributed by atoms with E-state index in [-0.39, 0.29) is 5.96 Å². The van der Waals surface area contributed by atoms with Gasteiger partial charge in [-0.3, -0.25) is 9.79 Å². The van der Waals surface area contributed by atoms with Gasteiger partial charge in [-0.1, -0.05) is 0 Å². The van der Waals surface area contributed by atoms with Gasteiger partial charge in [0.1, 0.15) is 6.04 Å². The fraction of sp³-hybridized carbons (Fsp3) is 0.667. The van der Waals surface area contributed by atoms with Crippen LogP contribution >= 0.6 is 0 Å². The summed E-state index contributed by atoms with van der Waals surface area (Å²) in [5.41, 5.74) is 15.3. The third kappa shape index (κ3) is 103. The molecule has 0 aromatic heterocycles. The summed E-state index contributed by atoms with van der Waals surface area (Å²) in [6.45, 7) is 0.420. The van der Waals surface area contributed by atoms with E-state index in [1.165, 1.54) is 0 Å². The normalized spacial score (nSPS) is 9.04. The first-order valence-corrected chi connectivity index (χ1v) is 5.27. The Balaban J connectivity index is -0.000000137. The molecule has 0 bridgehead atoms. The van der Waals surface area contributed by atoms with E-state index >= 15 is 0 Å². The Morgan fingerprint density at radius 2 is 1.29 bits per heavy atom. The molecule has 0 rings (SSSR count). The van der Waals surface area contributed by atoms with Crippen LogP contribution in [0, 0.1) is 30.3 Å². The third-order valence-corrected chi connectivity index (χ3v) is 1.28. The van der Waals surface area contributed by atoms with E-state index < -0.39 is 27.3 Å². The molecule has 1 unspecified atom stereocenters. The van der Waals surface area contributed by atoms with Crippen LogP contribution in [0.4, 0.5) is 0 Å². The number of aliphatic imine (C=N–C) groups is 1. The molecule has 0 amide bonds. The number of hydrogen-bond acceptors (Lipinski definition) is 9. The molecule has 0 radical (unpaired) electrons. The van der Waals surface area contributed by atoms with Gasteiger partial charge in [-0.25, -0.2) is 0 Å². The van der Waals surface area contributed by atoms with Gasteiger partial charge in [0.2, 0.25) is 0 Å². The van der Waals surface area contributed by atoms with E-state index in [0.29, 0.717) is 19.4 Å². The van der Waals surface area contributed by atoms with Gasteiger partial charge in [0, 0.05) is 6.54 Å². The van der Waals surface area contributed by atoms with Crippen LogP contribution in [0.1, 0.15) is 12.8 Å². The topological polar surface area (TPSA) is 318 Å². The molecule has 142 valence electrons. The maximum absolute atomic E-state index is 10.2. The Kier molecular flexibility index (Phi) is 22.9. The fourth-order valence-corrected chi connectivity index (χ4v) is 0.643. The van der Waals surface area contributed by atoms with Crippen LogP contribution in [-0.2, 0) is 4.79 Å². The zero-order chi connectivity index (χ0) is 20.3. The van der Waals surface area contributed by atoms with Crippen molar-refractivity contribution in [2.24, 2.45) is 22.2 Å². The highest BCUT2D eigenvalue weighted by Gasteiger charge is 2.09. The molecule has 1 atom stereocenters. The molecular formula is C6H17N7O11. The van der Waals surface area contributed by atoms with Crippen LogP contribution in [0.15, 0.2) is 4.99 Å². The lowest BCUT2D eigenvalue weighted by atomic mass is 10.2. The lowest BCUT2D eigenvalue weighted by molar-refractivity contribution is -0.742. The van der Waals surface area contributed by atoms with Gasteiger partial charge in [0.25, 0.3) is 15.3 Å². The number of carboxylic acid groups (broad SMARTS) is 1. The summed E-state index contributed by atoms with van der Waals surface area (Å²) in [5.74, 6) is -0.987. The van der Waals surface area contributed by atoms with Crippen molar-refractivity contribution in [3.63, 3.8) is 0 Å². The molecule has 10 N–H and O–H groups in total. The van der Waals surface area contributed by atoms with E-state index in [1.807, 2.05) is 0 Å². The minimum absolute atomic E-state index is 0.0129. The van der Waals surface area contributed by atoms with Crippen LogP contribution in [0.2, 0.25) is 0 Å². The summed E-state index contributed by atoms with van der Waals surface area (Å²) < 4.78 is 0. The fourth-order valence-electron chi connectivity index (χ4n) is 0.643. The summed E-state index contributed by atoms with van der Waals surface area (Å²) in [6.07, 6.45) is 0.956. The van der Waals surface area contributed by atoms with Gasteiger partial charge < -0.3 is 37.9 Å². The van der Waals surface area contributed by atoms with Crippen LogP contribution in [-0.4, -0.2) is 60.5 Å². The van der Waals surface area contributed by atoms with Crippen LogP contribution in [0.3, 0.4) is 0 Å². The first kappa shape index (κ1) is 28.5. The standard InChI is InChI=1S/C6H14N4O2.3HNO3/c7-4(5(11)12)2-1-3-10-6(8)9;3*2-1(3)4/h4H,1-3,7H2,(H,11,12)(H4,8,9,10);3*(H,2,3,4). The van der Waals surface area contributed by atoms with Crippen LogP contribution in [0.25, 0.3) is 0 Å². The highest BCUT2D eigenvalue weighted by molar-refractivity contribution is 5.75. The predicted molar refractivity (Wildman–Crippen MR) is 71.9 cm³/mol. The summed E-state index contributed by atoms with van der Waals surface area (Å²) in [7, 11) is 0. The van der Waals surface area contributed by atoms with Gasteiger partial charge in [0.05, 0.1) is 0 Å². The number of nitrogens with zero attached hydrogens (tertiary/aromatic N) is 4. The molecule has 0 aromatic rings.